The fraction of sp³-hybridized carbons (Fsp3) is 0.0952. The maximum atomic E-state index is 12.6. The Balaban J connectivity index is 1.85. The molecule has 0 aliphatic heterocycles. The number of primary amides is 1. The van der Waals surface area contributed by atoms with Gasteiger partial charge in [0.1, 0.15) is 10.8 Å². The molecule has 0 saturated carbocycles. The first-order valence-electron chi connectivity index (χ1n) is 8.59. The Morgan fingerprint density at radius 3 is 2.46 bits per heavy atom. The van der Waals surface area contributed by atoms with Crippen LogP contribution >= 0.6 is 11.8 Å². The second-order valence-electron chi connectivity index (χ2n) is 6.24. The summed E-state index contributed by atoms with van der Waals surface area (Å²) in [6.07, 6.45) is 0. The maximum Gasteiger partial charge on any atom is 0.259 e. The predicted molar refractivity (Wildman–Crippen MR) is 112 cm³/mol. The Morgan fingerprint density at radius 2 is 1.79 bits per heavy atom. The Morgan fingerprint density at radius 1 is 1.04 bits per heavy atom. The van der Waals surface area contributed by atoms with Gasteiger partial charge in [-0.2, -0.15) is 0 Å². The number of rotatable bonds is 6. The zero-order valence-electron chi connectivity index (χ0n) is 15.3. The van der Waals surface area contributed by atoms with Gasteiger partial charge < -0.3 is 16.8 Å². The number of aryl methyl sites for hydroxylation is 1. The van der Waals surface area contributed by atoms with E-state index in [1.807, 2.05) is 55.5 Å². The summed E-state index contributed by atoms with van der Waals surface area (Å²) in [5.41, 5.74) is 14.5. The molecule has 0 fully saturated rings. The average Bonchev–Trinajstić information content (AvgIpc) is 2.67. The van der Waals surface area contributed by atoms with E-state index in [2.05, 4.69) is 10.3 Å². The molecule has 0 aliphatic rings. The van der Waals surface area contributed by atoms with Crippen molar-refractivity contribution in [2.24, 2.45) is 5.73 Å². The number of carbonyl (C=O) groups is 2. The lowest BCUT2D eigenvalue weighted by atomic mass is 10.1. The van der Waals surface area contributed by atoms with Crippen molar-refractivity contribution < 1.29 is 9.59 Å². The fourth-order valence-electron chi connectivity index (χ4n) is 2.63. The molecule has 0 saturated heterocycles. The van der Waals surface area contributed by atoms with Crippen LogP contribution in [0.25, 0.3) is 0 Å². The topological polar surface area (TPSA) is 111 Å². The molecule has 1 heterocycles. The van der Waals surface area contributed by atoms with Crippen molar-refractivity contribution in [1.82, 2.24) is 4.98 Å². The van der Waals surface area contributed by atoms with Crippen LogP contribution in [0.2, 0.25) is 0 Å². The summed E-state index contributed by atoms with van der Waals surface area (Å²) in [6.45, 7) is 1.93. The predicted octanol–water partition coefficient (Wildman–Crippen LogP) is 3.62. The molecule has 1 aromatic heterocycles. The van der Waals surface area contributed by atoms with Crippen LogP contribution in [0.4, 0.5) is 11.5 Å². The first-order chi connectivity index (χ1) is 13.4. The summed E-state index contributed by atoms with van der Waals surface area (Å²) >= 11 is 1.35. The van der Waals surface area contributed by atoms with Gasteiger partial charge in [-0.25, -0.2) is 4.98 Å². The van der Waals surface area contributed by atoms with Gasteiger partial charge in [0.15, 0.2) is 0 Å². The zero-order valence-corrected chi connectivity index (χ0v) is 16.1. The van der Waals surface area contributed by atoms with Crippen LogP contribution in [0.5, 0.6) is 0 Å². The number of amides is 2. The number of nitrogens with zero attached hydrogens (tertiary/aromatic N) is 1. The third-order valence-corrected chi connectivity index (χ3v) is 5.08. The summed E-state index contributed by atoms with van der Waals surface area (Å²) in [4.78, 5) is 28.8. The number of hydrogen-bond acceptors (Lipinski definition) is 5. The third kappa shape index (κ3) is 4.69. The monoisotopic (exact) mass is 392 g/mol. The number of benzene rings is 2. The highest BCUT2D eigenvalue weighted by Crippen LogP contribution is 2.28. The molecule has 0 atom stereocenters. The summed E-state index contributed by atoms with van der Waals surface area (Å²) in [7, 11) is 0. The van der Waals surface area contributed by atoms with E-state index in [9.17, 15) is 9.59 Å². The van der Waals surface area contributed by atoms with E-state index < -0.39 is 11.8 Å². The maximum absolute atomic E-state index is 12.6. The molecule has 6 nitrogen and oxygen atoms in total. The van der Waals surface area contributed by atoms with Crippen molar-refractivity contribution in [3.63, 3.8) is 0 Å². The quantitative estimate of drug-likeness (QED) is 0.555. The molecule has 0 bridgehead atoms. The van der Waals surface area contributed by atoms with Gasteiger partial charge in [0, 0.05) is 11.4 Å². The second kappa shape index (κ2) is 8.58. The van der Waals surface area contributed by atoms with E-state index in [0.717, 1.165) is 11.1 Å². The molecule has 7 heteroatoms. The SMILES string of the molecule is Cc1cccc(NC(=O)c2cc(C(N)=O)c(SCc3ccccc3)nc2N)c1. The summed E-state index contributed by atoms with van der Waals surface area (Å²) in [6, 6.07) is 18.5. The van der Waals surface area contributed by atoms with E-state index in [1.165, 1.54) is 17.8 Å². The smallest absolute Gasteiger partial charge is 0.259 e. The van der Waals surface area contributed by atoms with Crippen molar-refractivity contribution in [1.29, 1.82) is 0 Å². The largest absolute Gasteiger partial charge is 0.383 e. The van der Waals surface area contributed by atoms with Gasteiger partial charge in [-0.15, -0.1) is 11.8 Å². The number of nitrogens with two attached hydrogens (primary N) is 2. The number of thioether (sulfide) groups is 1. The zero-order chi connectivity index (χ0) is 20.1. The Kier molecular flexibility index (Phi) is 5.96. The Labute approximate surface area is 167 Å². The molecule has 2 aromatic carbocycles. The molecular weight excluding hydrogens is 372 g/mol. The van der Waals surface area contributed by atoms with Gasteiger partial charge in [-0.3, -0.25) is 9.59 Å². The van der Waals surface area contributed by atoms with E-state index in [0.29, 0.717) is 16.5 Å². The van der Waals surface area contributed by atoms with Crippen molar-refractivity contribution in [2.75, 3.05) is 11.1 Å². The lowest BCUT2D eigenvalue weighted by Crippen LogP contribution is -2.19. The van der Waals surface area contributed by atoms with Gasteiger partial charge in [-0.1, -0.05) is 42.5 Å². The van der Waals surface area contributed by atoms with E-state index in [4.69, 9.17) is 11.5 Å². The highest BCUT2D eigenvalue weighted by Gasteiger charge is 2.19. The molecule has 0 radical (unpaired) electrons. The van der Waals surface area contributed by atoms with Crippen LogP contribution in [-0.4, -0.2) is 16.8 Å². The molecule has 0 aliphatic carbocycles. The summed E-state index contributed by atoms with van der Waals surface area (Å²) < 4.78 is 0. The van der Waals surface area contributed by atoms with Crippen LogP contribution < -0.4 is 16.8 Å². The molecule has 0 unspecified atom stereocenters. The van der Waals surface area contributed by atoms with Gasteiger partial charge in [0.05, 0.1) is 11.1 Å². The normalized spacial score (nSPS) is 10.5. The highest BCUT2D eigenvalue weighted by atomic mass is 32.2. The summed E-state index contributed by atoms with van der Waals surface area (Å²) in [5, 5.41) is 3.17. The number of anilines is 2. The molecule has 0 spiro atoms. The van der Waals surface area contributed by atoms with Crippen LogP contribution in [0.3, 0.4) is 0 Å². The number of nitrogen functional groups attached to an aromatic ring is 1. The van der Waals surface area contributed by atoms with Gasteiger partial charge in [-0.05, 0) is 36.2 Å². The van der Waals surface area contributed by atoms with E-state index in [1.54, 1.807) is 6.07 Å². The number of carbonyl (C=O) groups excluding carboxylic acids is 2. The molecule has 142 valence electrons. The lowest BCUT2D eigenvalue weighted by Gasteiger charge is -2.12. The van der Waals surface area contributed by atoms with Crippen molar-refractivity contribution >= 4 is 35.1 Å². The molecule has 2 amide bonds. The first kappa shape index (κ1) is 19.4. The first-order valence-corrected chi connectivity index (χ1v) is 9.57. The van der Waals surface area contributed by atoms with Crippen molar-refractivity contribution in [2.45, 2.75) is 17.7 Å². The van der Waals surface area contributed by atoms with E-state index >= 15 is 0 Å². The number of hydrogen-bond donors (Lipinski definition) is 3. The van der Waals surface area contributed by atoms with Crippen LogP contribution in [0, 0.1) is 6.92 Å². The minimum Gasteiger partial charge on any atom is -0.383 e. The number of nitrogens with one attached hydrogen (secondary N) is 1. The number of aromatic nitrogens is 1. The third-order valence-electron chi connectivity index (χ3n) is 4.02. The standard InChI is InChI=1S/C21H20N4O2S/c1-13-6-5-9-15(10-13)24-20(27)16-11-17(19(23)26)21(25-18(16)22)28-12-14-7-3-2-4-8-14/h2-11H,12H2,1H3,(H2,22,25)(H2,23,26)(H,24,27). The molecular formula is C21H20N4O2S. The van der Waals surface area contributed by atoms with Crippen molar-refractivity contribution in [3.05, 3.63) is 82.9 Å². The molecule has 5 N–H and O–H groups in total. The van der Waals surface area contributed by atoms with Crippen LogP contribution in [0.1, 0.15) is 31.8 Å². The van der Waals surface area contributed by atoms with Crippen molar-refractivity contribution in [3.8, 4) is 0 Å². The summed E-state index contributed by atoms with van der Waals surface area (Å²) in [5.74, 6) is -0.460. The Hall–Kier alpha value is -3.32. The van der Waals surface area contributed by atoms with Gasteiger partial charge in [0.25, 0.3) is 11.8 Å². The highest BCUT2D eigenvalue weighted by molar-refractivity contribution is 7.98. The van der Waals surface area contributed by atoms with E-state index in [-0.39, 0.29) is 16.9 Å². The minimum atomic E-state index is -0.660. The van der Waals surface area contributed by atoms with Gasteiger partial charge in [0.2, 0.25) is 0 Å². The Bertz CT molecular complexity index is 1020. The molecule has 3 aromatic rings. The second-order valence-corrected chi connectivity index (χ2v) is 7.20. The molecule has 3 rings (SSSR count). The number of pyridine rings is 1. The molecule has 28 heavy (non-hydrogen) atoms. The van der Waals surface area contributed by atoms with Gasteiger partial charge >= 0.3 is 0 Å². The van der Waals surface area contributed by atoms with Crippen LogP contribution in [-0.2, 0) is 5.75 Å². The minimum absolute atomic E-state index is 0.0470. The lowest BCUT2D eigenvalue weighted by molar-refractivity contribution is 0.0997. The van der Waals surface area contributed by atoms with Crippen LogP contribution in [0.15, 0.2) is 65.7 Å². The fourth-order valence-corrected chi connectivity index (χ4v) is 3.60. The average molecular weight is 392 g/mol.